The van der Waals surface area contributed by atoms with Gasteiger partial charge >= 0.3 is 0 Å². The summed E-state index contributed by atoms with van der Waals surface area (Å²) in [6, 6.07) is 9.96. The molecule has 0 radical (unpaired) electrons. The Morgan fingerprint density at radius 1 is 1.00 bits per heavy atom. The van der Waals surface area contributed by atoms with E-state index >= 15 is 0 Å². The Morgan fingerprint density at radius 2 is 1.67 bits per heavy atom. The maximum atomic E-state index is 12.5. The number of piperazine rings is 1. The summed E-state index contributed by atoms with van der Waals surface area (Å²) in [5.41, 5.74) is 0. The highest BCUT2D eigenvalue weighted by Gasteiger charge is 2.29. The highest BCUT2D eigenvalue weighted by Crippen LogP contribution is 2.22. The van der Waals surface area contributed by atoms with Crippen molar-refractivity contribution in [3.63, 3.8) is 0 Å². The maximum Gasteiger partial charge on any atom is 0.243 e. The van der Waals surface area contributed by atoms with Gasteiger partial charge < -0.3 is 9.32 Å². The molecule has 0 atom stereocenters. The van der Waals surface area contributed by atoms with Gasteiger partial charge in [0.2, 0.25) is 10.0 Å². The van der Waals surface area contributed by atoms with Gasteiger partial charge in [-0.05, 0) is 30.3 Å². The fraction of sp³-hybridized carbons (Fsp3) is 0.286. The van der Waals surface area contributed by atoms with Gasteiger partial charge in [0.05, 0.1) is 11.2 Å². The molecule has 1 aromatic heterocycles. The SMILES string of the molecule is O=S(=O)(c1ccc(Cl)cc1)N1CCN(c2ccco2)CC1. The largest absolute Gasteiger partial charge is 0.449 e. The van der Waals surface area contributed by atoms with Crippen LogP contribution >= 0.6 is 11.6 Å². The van der Waals surface area contributed by atoms with Gasteiger partial charge in [-0.3, -0.25) is 0 Å². The molecule has 1 aliphatic heterocycles. The third-order valence-corrected chi connectivity index (χ3v) is 5.67. The lowest BCUT2D eigenvalue weighted by Gasteiger charge is -2.33. The van der Waals surface area contributed by atoms with Crippen LogP contribution < -0.4 is 4.90 Å². The predicted octanol–water partition coefficient (Wildman–Crippen LogP) is 2.44. The Kier molecular flexibility index (Phi) is 3.93. The van der Waals surface area contributed by atoms with Gasteiger partial charge in [-0.2, -0.15) is 4.31 Å². The molecule has 0 bridgehead atoms. The first-order valence-electron chi connectivity index (χ1n) is 6.61. The molecule has 112 valence electrons. The van der Waals surface area contributed by atoms with Gasteiger partial charge in [-0.25, -0.2) is 8.42 Å². The summed E-state index contributed by atoms with van der Waals surface area (Å²) >= 11 is 5.80. The van der Waals surface area contributed by atoms with Crippen LogP contribution in [-0.4, -0.2) is 38.9 Å². The van der Waals surface area contributed by atoms with E-state index in [4.69, 9.17) is 16.0 Å². The van der Waals surface area contributed by atoms with Crippen molar-refractivity contribution >= 4 is 27.5 Å². The Balaban J connectivity index is 1.72. The molecule has 21 heavy (non-hydrogen) atoms. The van der Waals surface area contributed by atoms with Crippen LogP contribution in [0.2, 0.25) is 5.02 Å². The van der Waals surface area contributed by atoms with E-state index in [2.05, 4.69) is 0 Å². The summed E-state index contributed by atoms with van der Waals surface area (Å²) in [5.74, 6) is 0.776. The van der Waals surface area contributed by atoms with Crippen LogP contribution in [0.1, 0.15) is 0 Å². The summed E-state index contributed by atoms with van der Waals surface area (Å²) in [7, 11) is -3.45. The third kappa shape index (κ3) is 2.92. The number of hydrogen-bond donors (Lipinski definition) is 0. The standard InChI is InChI=1S/C14H15ClN2O3S/c15-12-3-5-13(6-4-12)21(18,19)17-9-7-16(8-10-17)14-2-1-11-20-14/h1-6,11H,7-10H2. The van der Waals surface area contributed by atoms with E-state index in [-0.39, 0.29) is 4.90 Å². The molecule has 1 fully saturated rings. The minimum absolute atomic E-state index is 0.276. The molecule has 0 N–H and O–H groups in total. The molecule has 7 heteroatoms. The van der Waals surface area contributed by atoms with E-state index in [0.717, 1.165) is 5.88 Å². The fourth-order valence-corrected chi connectivity index (χ4v) is 3.90. The maximum absolute atomic E-state index is 12.5. The zero-order chi connectivity index (χ0) is 14.9. The number of rotatable bonds is 3. The summed E-state index contributed by atoms with van der Waals surface area (Å²) in [4.78, 5) is 2.31. The molecule has 0 amide bonds. The number of nitrogens with zero attached hydrogens (tertiary/aromatic N) is 2. The van der Waals surface area contributed by atoms with Crippen LogP contribution in [0.25, 0.3) is 0 Å². The molecule has 2 aromatic rings. The van der Waals surface area contributed by atoms with Crippen LogP contribution in [0.5, 0.6) is 0 Å². The molecule has 3 rings (SSSR count). The average Bonchev–Trinajstić information content (AvgIpc) is 3.02. The van der Waals surface area contributed by atoms with Crippen molar-refractivity contribution in [1.29, 1.82) is 0 Å². The van der Waals surface area contributed by atoms with Crippen LogP contribution in [0.4, 0.5) is 5.88 Å². The molecule has 1 saturated heterocycles. The minimum atomic E-state index is -3.45. The number of furan rings is 1. The lowest BCUT2D eigenvalue weighted by atomic mass is 10.4. The van der Waals surface area contributed by atoms with Gasteiger partial charge in [0.15, 0.2) is 5.88 Å². The number of halogens is 1. The van der Waals surface area contributed by atoms with Gasteiger partial charge in [-0.15, -0.1) is 0 Å². The Morgan fingerprint density at radius 3 is 2.24 bits per heavy atom. The molecule has 2 heterocycles. The third-order valence-electron chi connectivity index (χ3n) is 3.51. The van der Waals surface area contributed by atoms with Crippen LogP contribution in [0.3, 0.4) is 0 Å². The van der Waals surface area contributed by atoms with Crippen molar-refractivity contribution in [2.45, 2.75) is 4.90 Å². The molecule has 0 spiro atoms. The number of benzene rings is 1. The van der Waals surface area contributed by atoms with E-state index < -0.39 is 10.0 Å². The Bertz CT molecular complexity index is 690. The molecule has 1 aliphatic rings. The quantitative estimate of drug-likeness (QED) is 0.869. The van der Waals surface area contributed by atoms with Crippen molar-refractivity contribution in [1.82, 2.24) is 4.31 Å². The highest BCUT2D eigenvalue weighted by atomic mass is 35.5. The summed E-state index contributed by atoms with van der Waals surface area (Å²) in [6.07, 6.45) is 1.62. The molecule has 0 unspecified atom stereocenters. The fourth-order valence-electron chi connectivity index (χ4n) is 2.35. The van der Waals surface area contributed by atoms with Crippen LogP contribution in [0.15, 0.2) is 52.0 Å². The van der Waals surface area contributed by atoms with Crippen molar-refractivity contribution in [2.24, 2.45) is 0 Å². The highest BCUT2D eigenvalue weighted by molar-refractivity contribution is 7.89. The summed E-state index contributed by atoms with van der Waals surface area (Å²) in [6.45, 7) is 2.10. The second-order valence-electron chi connectivity index (χ2n) is 4.80. The zero-order valence-corrected chi connectivity index (χ0v) is 12.8. The lowest BCUT2D eigenvalue weighted by molar-refractivity contribution is 0.374. The Labute approximate surface area is 128 Å². The van der Waals surface area contributed by atoms with E-state index in [1.54, 1.807) is 18.4 Å². The summed E-state index contributed by atoms with van der Waals surface area (Å²) < 4.78 is 31.9. The van der Waals surface area contributed by atoms with Crippen molar-refractivity contribution in [2.75, 3.05) is 31.1 Å². The Hall–Kier alpha value is -1.50. The van der Waals surface area contributed by atoms with Crippen LogP contribution in [0, 0.1) is 0 Å². The first-order chi connectivity index (χ1) is 10.1. The van der Waals surface area contributed by atoms with Crippen molar-refractivity contribution in [3.05, 3.63) is 47.7 Å². The first-order valence-corrected chi connectivity index (χ1v) is 8.43. The molecule has 0 saturated carbocycles. The van der Waals surface area contributed by atoms with E-state index in [1.165, 1.54) is 16.4 Å². The lowest BCUT2D eigenvalue weighted by Crippen LogP contribution is -2.48. The zero-order valence-electron chi connectivity index (χ0n) is 11.3. The van der Waals surface area contributed by atoms with Crippen molar-refractivity contribution in [3.8, 4) is 0 Å². The topological polar surface area (TPSA) is 53.8 Å². The molecular weight excluding hydrogens is 312 g/mol. The molecule has 5 nitrogen and oxygen atoms in total. The van der Waals surface area contributed by atoms with E-state index in [1.807, 2.05) is 17.0 Å². The van der Waals surface area contributed by atoms with Crippen molar-refractivity contribution < 1.29 is 12.8 Å². The molecule has 1 aromatic carbocycles. The second kappa shape index (κ2) is 5.71. The van der Waals surface area contributed by atoms with Gasteiger partial charge in [0.25, 0.3) is 0 Å². The smallest absolute Gasteiger partial charge is 0.243 e. The number of sulfonamides is 1. The van der Waals surface area contributed by atoms with Gasteiger partial charge in [-0.1, -0.05) is 11.6 Å². The van der Waals surface area contributed by atoms with Gasteiger partial charge in [0.1, 0.15) is 0 Å². The molecular formula is C14H15ClN2O3S. The van der Waals surface area contributed by atoms with Crippen LogP contribution in [-0.2, 0) is 10.0 Å². The average molecular weight is 327 g/mol. The van der Waals surface area contributed by atoms with E-state index in [0.29, 0.717) is 31.2 Å². The molecule has 0 aliphatic carbocycles. The second-order valence-corrected chi connectivity index (χ2v) is 7.17. The van der Waals surface area contributed by atoms with E-state index in [9.17, 15) is 8.42 Å². The predicted molar refractivity (Wildman–Crippen MR) is 81.1 cm³/mol. The first kappa shape index (κ1) is 14.4. The summed E-state index contributed by atoms with van der Waals surface area (Å²) in [5, 5.41) is 0.525. The van der Waals surface area contributed by atoms with Gasteiger partial charge in [0, 0.05) is 37.3 Å². The minimum Gasteiger partial charge on any atom is -0.449 e. The normalized spacial score (nSPS) is 17.1. The number of hydrogen-bond acceptors (Lipinski definition) is 4. The monoisotopic (exact) mass is 326 g/mol. The number of anilines is 1.